The number of piperazine rings is 1. The molecule has 1 saturated heterocycles. The Morgan fingerprint density at radius 2 is 2.15 bits per heavy atom. The van der Waals surface area contributed by atoms with Crippen molar-refractivity contribution < 1.29 is 14.4 Å². The molecule has 2 N–H and O–H groups in total. The summed E-state index contributed by atoms with van der Waals surface area (Å²) in [5.41, 5.74) is 0. The molecule has 0 aromatic carbocycles. The van der Waals surface area contributed by atoms with E-state index in [9.17, 15) is 14.4 Å². The second-order valence-corrected chi connectivity index (χ2v) is 4.97. The van der Waals surface area contributed by atoms with Crippen molar-refractivity contribution in [2.24, 2.45) is 0 Å². The van der Waals surface area contributed by atoms with Gasteiger partial charge in [-0.3, -0.25) is 24.8 Å². The Morgan fingerprint density at radius 3 is 2.70 bits per heavy atom. The molecular weight excluding hydrogens is 262 g/mol. The van der Waals surface area contributed by atoms with Gasteiger partial charge in [0.15, 0.2) is 0 Å². The summed E-state index contributed by atoms with van der Waals surface area (Å²) >= 11 is 0. The van der Waals surface area contributed by atoms with Crippen LogP contribution in [0.4, 0.5) is 0 Å². The van der Waals surface area contributed by atoms with E-state index in [2.05, 4.69) is 20.5 Å². The molecule has 1 aromatic heterocycles. The van der Waals surface area contributed by atoms with Gasteiger partial charge in [0.1, 0.15) is 18.4 Å². The molecule has 8 heteroatoms. The Bertz CT molecular complexity index is 551. The number of hydrogen-bond donors (Lipinski definition) is 2. The van der Waals surface area contributed by atoms with Crippen LogP contribution in [0.15, 0.2) is 0 Å². The van der Waals surface area contributed by atoms with Crippen molar-refractivity contribution >= 4 is 17.7 Å². The average molecular weight is 279 g/mol. The van der Waals surface area contributed by atoms with Gasteiger partial charge in [-0.1, -0.05) is 20.8 Å². The van der Waals surface area contributed by atoms with E-state index in [1.807, 2.05) is 13.8 Å². The summed E-state index contributed by atoms with van der Waals surface area (Å²) in [5, 5.41) is 8.77. The third kappa shape index (κ3) is 2.54. The largest absolute Gasteiger partial charge is 0.315 e. The molecule has 0 radical (unpaired) electrons. The molecular formula is C12H17N5O3. The monoisotopic (exact) mass is 279 g/mol. The topological polar surface area (TPSA) is 108 Å². The molecule has 0 spiro atoms. The van der Waals surface area contributed by atoms with Gasteiger partial charge in [-0.15, -0.1) is 5.10 Å². The minimum atomic E-state index is -0.666. The Kier molecular flexibility index (Phi) is 3.82. The molecule has 1 unspecified atom stereocenters. The Hall–Kier alpha value is -2.25. The predicted octanol–water partition coefficient (Wildman–Crippen LogP) is -0.195. The molecule has 20 heavy (non-hydrogen) atoms. The van der Waals surface area contributed by atoms with E-state index in [1.165, 1.54) is 4.90 Å². The highest BCUT2D eigenvalue weighted by molar-refractivity contribution is 6.06. The normalized spacial score (nSPS) is 19.4. The van der Waals surface area contributed by atoms with E-state index >= 15 is 0 Å². The third-order valence-electron chi connectivity index (χ3n) is 3.14. The fourth-order valence-corrected chi connectivity index (χ4v) is 2.04. The molecule has 1 atom stereocenters. The number of carbonyl (C=O) groups excluding carboxylic acids is 3. The number of aromatic nitrogens is 3. The first-order chi connectivity index (χ1) is 9.43. The zero-order valence-electron chi connectivity index (χ0n) is 11.6. The highest BCUT2D eigenvalue weighted by Gasteiger charge is 2.37. The van der Waals surface area contributed by atoms with Gasteiger partial charge < -0.3 is 4.90 Å². The molecule has 1 fully saturated rings. The number of rotatable bonds is 3. The number of H-pyrrole nitrogens is 1. The minimum Gasteiger partial charge on any atom is -0.315 e. The van der Waals surface area contributed by atoms with Gasteiger partial charge in [0.05, 0.1) is 0 Å². The van der Waals surface area contributed by atoms with E-state index in [-0.39, 0.29) is 18.3 Å². The van der Waals surface area contributed by atoms with Crippen LogP contribution in [-0.2, 0) is 9.59 Å². The van der Waals surface area contributed by atoms with Crippen LogP contribution < -0.4 is 5.32 Å². The lowest BCUT2D eigenvalue weighted by molar-refractivity contribution is -0.138. The standard InChI is InChI=1S/C12H17N5O3/c1-4-7-11(19)13-8(18)5-17(7)12(20)10-14-9(6(2)3)15-16-10/h6-7H,4-5H2,1-3H3,(H,13,18,19)(H,14,15,16). The summed E-state index contributed by atoms with van der Waals surface area (Å²) in [6, 6.07) is -0.666. The van der Waals surface area contributed by atoms with Crippen LogP contribution in [0.3, 0.4) is 0 Å². The van der Waals surface area contributed by atoms with Crippen LogP contribution in [0.2, 0.25) is 0 Å². The molecule has 108 valence electrons. The van der Waals surface area contributed by atoms with Gasteiger partial charge in [0.2, 0.25) is 17.6 Å². The van der Waals surface area contributed by atoms with Gasteiger partial charge in [-0.2, -0.15) is 0 Å². The van der Waals surface area contributed by atoms with Crippen molar-refractivity contribution in [3.8, 4) is 0 Å². The van der Waals surface area contributed by atoms with Crippen LogP contribution in [0, 0.1) is 0 Å². The molecule has 0 aliphatic carbocycles. The maximum atomic E-state index is 12.3. The smallest absolute Gasteiger partial charge is 0.294 e. The minimum absolute atomic E-state index is 0.0188. The maximum Gasteiger partial charge on any atom is 0.294 e. The highest BCUT2D eigenvalue weighted by Crippen LogP contribution is 2.14. The first kappa shape index (κ1) is 14.2. The van der Waals surface area contributed by atoms with Crippen LogP contribution in [0.5, 0.6) is 0 Å². The summed E-state index contributed by atoms with van der Waals surface area (Å²) in [5.74, 6) is -0.784. The summed E-state index contributed by atoms with van der Waals surface area (Å²) in [7, 11) is 0. The zero-order chi connectivity index (χ0) is 14.9. The third-order valence-corrected chi connectivity index (χ3v) is 3.14. The van der Waals surface area contributed by atoms with Crippen molar-refractivity contribution in [2.75, 3.05) is 6.54 Å². The lowest BCUT2D eigenvalue weighted by atomic mass is 10.1. The summed E-state index contributed by atoms with van der Waals surface area (Å²) < 4.78 is 0. The second-order valence-electron chi connectivity index (χ2n) is 4.97. The van der Waals surface area contributed by atoms with Crippen molar-refractivity contribution in [3.63, 3.8) is 0 Å². The molecule has 1 aromatic rings. The fourth-order valence-electron chi connectivity index (χ4n) is 2.04. The summed E-state index contributed by atoms with van der Waals surface area (Å²) in [6.45, 7) is 5.45. The maximum absolute atomic E-state index is 12.3. The molecule has 2 heterocycles. The van der Waals surface area contributed by atoms with Crippen LogP contribution in [-0.4, -0.2) is 50.4 Å². The summed E-state index contributed by atoms with van der Waals surface area (Å²) in [4.78, 5) is 40.8. The van der Waals surface area contributed by atoms with Crippen LogP contribution in [0.25, 0.3) is 0 Å². The van der Waals surface area contributed by atoms with E-state index in [0.717, 1.165) is 0 Å². The number of nitrogens with zero attached hydrogens (tertiary/aromatic N) is 3. The van der Waals surface area contributed by atoms with Crippen molar-refractivity contribution in [1.29, 1.82) is 0 Å². The lowest BCUT2D eigenvalue weighted by Gasteiger charge is -2.32. The second kappa shape index (κ2) is 5.40. The van der Waals surface area contributed by atoms with Gasteiger partial charge >= 0.3 is 0 Å². The van der Waals surface area contributed by atoms with E-state index < -0.39 is 23.8 Å². The number of hydrogen-bond acceptors (Lipinski definition) is 5. The molecule has 3 amide bonds. The van der Waals surface area contributed by atoms with Crippen molar-refractivity contribution in [1.82, 2.24) is 25.4 Å². The number of nitrogens with one attached hydrogen (secondary N) is 2. The van der Waals surface area contributed by atoms with E-state index in [4.69, 9.17) is 0 Å². The molecule has 2 rings (SSSR count). The molecule has 1 aliphatic heterocycles. The number of aromatic amines is 1. The fraction of sp³-hybridized carbons (Fsp3) is 0.583. The number of carbonyl (C=O) groups is 3. The number of imide groups is 1. The first-order valence-electron chi connectivity index (χ1n) is 6.51. The molecule has 0 saturated carbocycles. The molecule has 8 nitrogen and oxygen atoms in total. The Morgan fingerprint density at radius 1 is 1.45 bits per heavy atom. The first-order valence-corrected chi connectivity index (χ1v) is 6.51. The van der Waals surface area contributed by atoms with Crippen LogP contribution >= 0.6 is 0 Å². The van der Waals surface area contributed by atoms with Gasteiger partial charge in [-0.25, -0.2) is 4.98 Å². The zero-order valence-corrected chi connectivity index (χ0v) is 11.6. The van der Waals surface area contributed by atoms with Gasteiger partial charge in [0, 0.05) is 5.92 Å². The Balaban J connectivity index is 2.25. The Labute approximate surface area is 115 Å². The average Bonchev–Trinajstić information content (AvgIpc) is 2.86. The van der Waals surface area contributed by atoms with Crippen molar-refractivity contribution in [3.05, 3.63) is 11.6 Å². The summed E-state index contributed by atoms with van der Waals surface area (Å²) in [6.07, 6.45) is 0.423. The van der Waals surface area contributed by atoms with Gasteiger partial charge in [-0.05, 0) is 6.42 Å². The molecule has 1 aliphatic rings. The van der Waals surface area contributed by atoms with E-state index in [1.54, 1.807) is 6.92 Å². The number of amides is 3. The van der Waals surface area contributed by atoms with Crippen LogP contribution in [0.1, 0.15) is 49.6 Å². The van der Waals surface area contributed by atoms with Gasteiger partial charge in [0.25, 0.3) is 5.91 Å². The highest BCUT2D eigenvalue weighted by atomic mass is 16.2. The molecule has 0 bridgehead atoms. The van der Waals surface area contributed by atoms with Crippen molar-refractivity contribution in [2.45, 2.75) is 39.2 Å². The quantitative estimate of drug-likeness (QED) is 0.745. The SMILES string of the molecule is CCC1C(=O)NC(=O)CN1C(=O)c1n[nH]c(C(C)C)n1. The van der Waals surface area contributed by atoms with E-state index in [0.29, 0.717) is 12.2 Å². The predicted molar refractivity (Wildman–Crippen MR) is 68.7 cm³/mol. The lowest BCUT2D eigenvalue weighted by Crippen LogP contribution is -2.59.